The molecule has 0 atom stereocenters. The Morgan fingerprint density at radius 1 is 1.43 bits per heavy atom. The van der Waals surface area contributed by atoms with E-state index in [0.29, 0.717) is 19.2 Å². The number of anilines is 1. The Morgan fingerprint density at radius 3 is 3.10 bits per heavy atom. The summed E-state index contributed by atoms with van der Waals surface area (Å²) in [5, 5.41) is 3.33. The van der Waals surface area contributed by atoms with Crippen LogP contribution in [0.25, 0.3) is 0 Å². The van der Waals surface area contributed by atoms with Crippen LogP contribution in [0.4, 0.5) is 11.5 Å². The Labute approximate surface area is 127 Å². The number of nitrogens with one attached hydrogen (secondary N) is 1. The van der Waals surface area contributed by atoms with Gasteiger partial charge in [-0.25, -0.2) is 4.58 Å². The van der Waals surface area contributed by atoms with Crippen LogP contribution in [-0.4, -0.2) is 50.3 Å². The number of rotatable bonds is 5. The zero-order valence-corrected chi connectivity index (χ0v) is 14.1. The number of ether oxygens (including phenoxy) is 2. The van der Waals surface area contributed by atoms with E-state index >= 15 is 0 Å². The molecule has 3 rings (SSSR count). The van der Waals surface area contributed by atoms with Crippen LogP contribution in [0.5, 0.6) is 5.88 Å². The first-order valence-corrected chi connectivity index (χ1v) is 11.3. The monoisotopic (exact) mass is 306 g/mol. The van der Waals surface area contributed by atoms with Gasteiger partial charge in [-0.05, 0) is 12.1 Å². The minimum Gasteiger partial charge on any atom is -0.456 e. The summed E-state index contributed by atoms with van der Waals surface area (Å²) in [4.78, 5) is 4.64. The van der Waals surface area contributed by atoms with Crippen molar-refractivity contribution in [1.82, 2.24) is 4.98 Å². The molecule has 0 saturated heterocycles. The first-order valence-electron chi connectivity index (χ1n) is 7.61. The highest BCUT2D eigenvalue weighted by Gasteiger charge is 2.28. The molecule has 21 heavy (non-hydrogen) atoms. The first-order chi connectivity index (χ1) is 10.0. The lowest BCUT2D eigenvalue weighted by atomic mass is 10.2. The maximum Gasteiger partial charge on any atom is 0.352 e. The molecule has 0 bridgehead atoms. The van der Waals surface area contributed by atoms with Gasteiger partial charge in [0.25, 0.3) is 0 Å². The average molecular weight is 306 g/mol. The van der Waals surface area contributed by atoms with Gasteiger partial charge in [0, 0.05) is 32.6 Å². The van der Waals surface area contributed by atoms with Crippen LogP contribution < -0.4 is 10.1 Å². The van der Waals surface area contributed by atoms with Gasteiger partial charge in [-0.1, -0.05) is 19.6 Å². The highest BCUT2D eigenvalue weighted by Crippen LogP contribution is 2.32. The Morgan fingerprint density at radius 2 is 2.29 bits per heavy atom. The summed E-state index contributed by atoms with van der Waals surface area (Å²) in [6.45, 7) is 10.0. The van der Waals surface area contributed by atoms with Crippen molar-refractivity contribution in [2.75, 3.05) is 31.8 Å². The van der Waals surface area contributed by atoms with Gasteiger partial charge in [-0.3, -0.25) is 0 Å². The summed E-state index contributed by atoms with van der Waals surface area (Å²) in [6, 6.07) is 3.34. The fraction of sp³-hybridized carbons (Fsp3) is 0.600. The fourth-order valence-electron chi connectivity index (χ4n) is 2.45. The van der Waals surface area contributed by atoms with Gasteiger partial charge in [0.1, 0.15) is 12.3 Å². The fourth-order valence-corrected chi connectivity index (χ4v) is 3.20. The van der Waals surface area contributed by atoms with Gasteiger partial charge in [0.05, 0.1) is 11.8 Å². The minimum atomic E-state index is -1.02. The third kappa shape index (κ3) is 3.44. The SMILES string of the molecule is C[Si](C)(C)CCOC[N+]1=CCc2cc3c(nc21)OCCN3. The molecule has 1 aromatic rings. The zero-order chi connectivity index (χ0) is 14.9. The smallest absolute Gasteiger partial charge is 0.352 e. The number of hydrogen-bond acceptors (Lipinski definition) is 4. The second-order valence-electron chi connectivity index (χ2n) is 6.80. The summed E-state index contributed by atoms with van der Waals surface area (Å²) in [5.74, 6) is 1.69. The number of pyridine rings is 1. The Hall–Kier alpha value is -1.40. The second kappa shape index (κ2) is 5.77. The number of nitrogens with zero attached hydrogens (tertiary/aromatic N) is 2. The molecule has 0 aromatic carbocycles. The maximum atomic E-state index is 5.83. The Balaban J connectivity index is 1.63. The van der Waals surface area contributed by atoms with E-state index in [1.807, 2.05) is 0 Å². The third-order valence-corrected chi connectivity index (χ3v) is 5.43. The largest absolute Gasteiger partial charge is 0.456 e. The predicted molar refractivity (Wildman–Crippen MR) is 86.9 cm³/mol. The van der Waals surface area contributed by atoms with Gasteiger partial charge in [-0.2, -0.15) is 0 Å². The molecule has 0 amide bonds. The highest BCUT2D eigenvalue weighted by atomic mass is 28.3. The molecule has 0 saturated carbocycles. The molecule has 3 heterocycles. The summed E-state index contributed by atoms with van der Waals surface area (Å²) in [7, 11) is -1.02. The normalized spacial score (nSPS) is 16.6. The van der Waals surface area contributed by atoms with Crippen LogP contribution in [0.2, 0.25) is 25.7 Å². The predicted octanol–water partition coefficient (Wildman–Crippen LogP) is 2.47. The molecule has 0 radical (unpaired) electrons. The first kappa shape index (κ1) is 14.5. The van der Waals surface area contributed by atoms with Crippen LogP contribution in [0.1, 0.15) is 5.56 Å². The van der Waals surface area contributed by atoms with Crippen LogP contribution in [-0.2, 0) is 11.2 Å². The van der Waals surface area contributed by atoms with Crippen molar-refractivity contribution in [3.63, 3.8) is 0 Å². The summed E-state index contributed by atoms with van der Waals surface area (Å²) < 4.78 is 13.5. The van der Waals surface area contributed by atoms with Gasteiger partial charge in [0.2, 0.25) is 0 Å². The van der Waals surface area contributed by atoms with E-state index in [-0.39, 0.29) is 0 Å². The lowest BCUT2D eigenvalue weighted by molar-refractivity contribution is -0.487. The van der Waals surface area contributed by atoms with E-state index in [1.54, 1.807) is 0 Å². The van der Waals surface area contributed by atoms with Gasteiger partial charge in [-0.15, -0.1) is 0 Å². The Bertz CT molecular complexity index is 567. The molecule has 2 aliphatic rings. The standard InChI is InChI=1S/C15H24N3O2Si/c1-21(2,3)9-8-19-11-18-6-4-12-10-13-15(17-14(12)18)20-7-5-16-13/h6,10,16H,4-5,7-9,11H2,1-3H3/q+1. The van der Waals surface area contributed by atoms with Crippen LogP contribution in [0.15, 0.2) is 6.07 Å². The van der Waals surface area contributed by atoms with E-state index in [9.17, 15) is 0 Å². The maximum absolute atomic E-state index is 5.83. The van der Waals surface area contributed by atoms with E-state index < -0.39 is 8.07 Å². The molecular formula is C15H24N3O2Si+. The van der Waals surface area contributed by atoms with E-state index in [1.165, 1.54) is 11.6 Å². The number of hydrogen-bond donors (Lipinski definition) is 1. The lowest BCUT2D eigenvalue weighted by Crippen LogP contribution is -2.23. The molecule has 5 nitrogen and oxygen atoms in total. The zero-order valence-electron chi connectivity index (χ0n) is 13.1. The van der Waals surface area contributed by atoms with Crippen molar-refractivity contribution < 1.29 is 14.0 Å². The van der Waals surface area contributed by atoms with Crippen LogP contribution in [0, 0.1) is 0 Å². The van der Waals surface area contributed by atoms with Gasteiger partial charge in [0.15, 0.2) is 6.73 Å². The summed E-state index contributed by atoms with van der Waals surface area (Å²) in [6.07, 6.45) is 3.06. The van der Waals surface area contributed by atoms with Crippen molar-refractivity contribution in [3.05, 3.63) is 11.6 Å². The van der Waals surface area contributed by atoms with Gasteiger partial charge < -0.3 is 14.8 Å². The molecule has 0 spiro atoms. The van der Waals surface area contributed by atoms with Crippen LogP contribution in [0.3, 0.4) is 0 Å². The van der Waals surface area contributed by atoms with E-state index in [4.69, 9.17) is 9.47 Å². The minimum absolute atomic E-state index is 0.580. The molecule has 1 aromatic heterocycles. The Kier molecular flexibility index (Phi) is 3.99. The highest BCUT2D eigenvalue weighted by molar-refractivity contribution is 6.76. The molecule has 0 unspecified atom stereocenters. The van der Waals surface area contributed by atoms with Gasteiger partial charge >= 0.3 is 11.7 Å². The lowest BCUT2D eigenvalue weighted by Gasteiger charge is -2.16. The number of fused-ring (bicyclic) bond motifs is 2. The van der Waals surface area contributed by atoms with Crippen molar-refractivity contribution >= 4 is 25.8 Å². The van der Waals surface area contributed by atoms with Crippen molar-refractivity contribution in [2.24, 2.45) is 0 Å². The molecule has 2 aliphatic heterocycles. The molecule has 114 valence electrons. The van der Waals surface area contributed by atoms with E-state index in [0.717, 1.165) is 31.1 Å². The van der Waals surface area contributed by atoms with Crippen molar-refractivity contribution in [2.45, 2.75) is 32.1 Å². The van der Waals surface area contributed by atoms with Crippen molar-refractivity contribution in [1.29, 1.82) is 0 Å². The molecule has 0 fully saturated rings. The number of aromatic nitrogens is 1. The molecule has 1 N–H and O–H groups in total. The second-order valence-corrected chi connectivity index (χ2v) is 12.4. The topological polar surface area (TPSA) is 46.4 Å². The quantitative estimate of drug-likeness (QED) is 0.516. The molecule has 0 aliphatic carbocycles. The summed E-state index contributed by atoms with van der Waals surface area (Å²) >= 11 is 0. The van der Waals surface area contributed by atoms with Crippen LogP contribution >= 0.6 is 0 Å². The average Bonchev–Trinajstić information content (AvgIpc) is 2.82. The molecule has 6 heteroatoms. The van der Waals surface area contributed by atoms with Crippen molar-refractivity contribution in [3.8, 4) is 5.88 Å². The summed E-state index contributed by atoms with van der Waals surface area (Å²) in [5.41, 5.74) is 2.25. The third-order valence-electron chi connectivity index (χ3n) is 3.73. The molecular weight excluding hydrogens is 282 g/mol. The van der Waals surface area contributed by atoms with E-state index in [2.05, 4.69) is 46.8 Å².